The van der Waals surface area contributed by atoms with Crippen LogP contribution in [0.3, 0.4) is 0 Å². The Bertz CT molecular complexity index is 2040. The van der Waals surface area contributed by atoms with Crippen LogP contribution >= 0.6 is 34.3 Å². The fourth-order valence-corrected chi connectivity index (χ4v) is 9.01. The van der Waals surface area contributed by atoms with Crippen LogP contribution in [0.25, 0.3) is 10.9 Å². The normalized spacial score (nSPS) is 14.7. The van der Waals surface area contributed by atoms with Crippen molar-refractivity contribution in [2.75, 3.05) is 33.9 Å². The summed E-state index contributed by atoms with van der Waals surface area (Å²) in [6, 6.07) is 16.7. The Balaban J connectivity index is 0.00000580. The Kier molecular flexibility index (Phi) is 14.4. The van der Waals surface area contributed by atoms with E-state index in [9.17, 15) is 24.9 Å². The minimum absolute atomic E-state index is 0. The summed E-state index contributed by atoms with van der Waals surface area (Å²) >= 11 is 9.32. The number of thiophene rings is 2. The summed E-state index contributed by atoms with van der Waals surface area (Å²) < 4.78 is 18.1. The summed E-state index contributed by atoms with van der Waals surface area (Å²) in [7, 11) is 3.55. The molecule has 1 saturated carbocycles. The number of fused-ring (bicyclic) bond motifs is 1. The molecule has 5 N–H and O–H groups in total. The zero-order valence-corrected chi connectivity index (χ0v) is 33.1. The number of hydrogen-bond donors (Lipinski definition) is 5. The first-order valence-corrected chi connectivity index (χ1v) is 20.2. The Hall–Kier alpha value is -4.02. The number of hydrogen-bond acceptors (Lipinski definition) is 12. The average molecular weight is 816 g/mol. The van der Waals surface area contributed by atoms with Crippen molar-refractivity contribution < 1.29 is 39.0 Å². The number of carbonyl (C=O) groups excluding carboxylic acids is 1. The average Bonchev–Trinajstić information content (AvgIpc) is 3.92. The number of rotatable bonds is 17. The largest absolute Gasteiger partial charge is 0.506 e. The third kappa shape index (κ3) is 9.34. The van der Waals surface area contributed by atoms with Crippen molar-refractivity contribution in [1.29, 1.82) is 0 Å². The number of benzene rings is 2. The molecule has 1 fully saturated rings. The number of unbranched alkanes of at least 4 members (excludes halogenated alkanes) is 1. The highest BCUT2D eigenvalue weighted by Crippen LogP contribution is 2.41. The first kappa shape index (κ1) is 42.1. The van der Waals surface area contributed by atoms with Crippen LogP contribution in [0.2, 0.25) is 5.02 Å². The lowest BCUT2D eigenvalue weighted by molar-refractivity contribution is -0.206. The van der Waals surface area contributed by atoms with E-state index in [4.69, 9.17) is 25.8 Å². The standard InChI is InChI=1S/C40H46ClN3O8S2.FH/c1-44(39(16-4-3-5-17-39)52-38(48)40(49,34-10-8-20-53-34)35-11-9-21-54-35)18-6-7-19-51-33-23-32(50-2)26(22-29(33)41)24-42-25-31(46)27-12-14-30(45)37-28(27)13-15-36(47)43-37;/h8-15,20-23,31,42,45-46,49H,3-7,16-19,24-25H2,1-2H3,(H,43,47);1H/t31-;/m0./s1. The van der Waals surface area contributed by atoms with Crippen LogP contribution in [-0.2, 0) is 21.7 Å². The van der Waals surface area contributed by atoms with Crippen molar-refractivity contribution in [2.45, 2.75) is 68.9 Å². The molecule has 0 unspecified atom stereocenters. The Labute approximate surface area is 331 Å². The first-order valence-electron chi connectivity index (χ1n) is 18.0. The van der Waals surface area contributed by atoms with Gasteiger partial charge in [0, 0.05) is 55.6 Å². The van der Waals surface area contributed by atoms with Gasteiger partial charge in [-0.25, -0.2) is 4.79 Å². The maximum absolute atomic E-state index is 13.9. The molecule has 296 valence electrons. The molecule has 0 saturated heterocycles. The van der Waals surface area contributed by atoms with Crippen molar-refractivity contribution in [1.82, 2.24) is 15.2 Å². The fraction of sp³-hybridized carbons (Fsp3) is 0.400. The number of H-pyrrole nitrogens is 1. The Morgan fingerprint density at radius 2 is 1.75 bits per heavy atom. The summed E-state index contributed by atoms with van der Waals surface area (Å²) in [5.74, 6) is 0.359. The second kappa shape index (κ2) is 18.7. The number of carbonyl (C=O) groups is 1. The van der Waals surface area contributed by atoms with Crippen molar-refractivity contribution in [3.05, 3.63) is 108 Å². The van der Waals surface area contributed by atoms with Gasteiger partial charge in [0.05, 0.1) is 40.1 Å². The molecule has 0 aliphatic heterocycles. The number of aliphatic hydroxyl groups excluding tert-OH is 1. The zero-order valence-electron chi connectivity index (χ0n) is 30.7. The number of halogens is 2. The SMILES string of the molecule is COc1cc(OCCCCN(C)C2(OC(=O)C(O)(c3cccs3)c3cccs3)CCCCC2)c(Cl)cc1CNC[C@H](O)c1ccc(O)c2[nH]c(=O)ccc12.F. The van der Waals surface area contributed by atoms with Crippen LogP contribution < -0.4 is 20.3 Å². The first-order chi connectivity index (χ1) is 26.1. The molecule has 3 aromatic heterocycles. The van der Waals surface area contributed by atoms with E-state index in [0.717, 1.165) is 37.7 Å². The number of ether oxygens (including phenoxy) is 3. The minimum atomic E-state index is -1.86. The van der Waals surface area contributed by atoms with E-state index in [1.54, 1.807) is 43.5 Å². The Morgan fingerprint density at radius 1 is 1.04 bits per heavy atom. The number of esters is 1. The molecule has 1 aliphatic carbocycles. The summed E-state index contributed by atoms with van der Waals surface area (Å²) in [6.07, 6.45) is 4.92. The molecule has 1 atom stereocenters. The van der Waals surface area contributed by atoms with Gasteiger partial charge in [-0.1, -0.05) is 36.2 Å². The zero-order chi connectivity index (χ0) is 38.3. The van der Waals surface area contributed by atoms with Gasteiger partial charge < -0.3 is 39.8 Å². The molecule has 1 aliphatic rings. The van der Waals surface area contributed by atoms with E-state index >= 15 is 0 Å². The van der Waals surface area contributed by atoms with Crippen molar-refractivity contribution >= 4 is 51.1 Å². The van der Waals surface area contributed by atoms with Gasteiger partial charge in [0.1, 0.15) is 17.2 Å². The number of aromatic nitrogens is 1. The summed E-state index contributed by atoms with van der Waals surface area (Å²) in [4.78, 5) is 31.5. The number of nitrogens with one attached hydrogen (secondary N) is 2. The van der Waals surface area contributed by atoms with Crippen molar-refractivity contribution in [3.63, 3.8) is 0 Å². The monoisotopic (exact) mass is 815 g/mol. The minimum Gasteiger partial charge on any atom is -0.506 e. The van der Waals surface area contributed by atoms with Crippen LogP contribution in [-0.4, -0.2) is 70.8 Å². The third-order valence-electron chi connectivity index (χ3n) is 10.1. The van der Waals surface area contributed by atoms with Gasteiger partial charge in [-0.05, 0) is 79.4 Å². The van der Waals surface area contributed by atoms with Gasteiger partial charge >= 0.3 is 5.97 Å². The van der Waals surface area contributed by atoms with Crippen molar-refractivity contribution in [3.8, 4) is 17.2 Å². The maximum Gasteiger partial charge on any atom is 0.351 e. The molecule has 0 amide bonds. The lowest BCUT2D eigenvalue weighted by atomic mass is 9.89. The number of aromatic hydroxyl groups is 1. The summed E-state index contributed by atoms with van der Waals surface area (Å²) in [6.45, 7) is 1.62. The summed E-state index contributed by atoms with van der Waals surface area (Å²) in [5.41, 5.74) is -1.39. The topological polar surface area (TPSA) is 154 Å². The number of nitrogens with zero attached hydrogens (tertiary/aromatic N) is 1. The molecule has 0 spiro atoms. The highest BCUT2D eigenvalue weighted by molar-refractivity contribution is 7.12. The number of methoxy groups -OCH3 is 1. The number of phenols is 1. The molecule has 3 heterocycles. The second-order valence-electron chi connectivity index (χ2n) is 13.6. The van der Waals surface area contributed by atoms with Gasteiger partial charge in [0.25, 0.3) is 0 Å². The van der Waals surface area contributed by atoms with Crippen molar-refractivity contribution in [2.24, 2.45) is 0 Å². The highest BCUT2D eigenvalue weighted by Gasteiger charge is 2.49. The van der Waals surface area contributed by atoms with Gasteiger partial charge in [-0.2, -0.15) is 0 Å². The smallest absolute Gasteiger partial charge is 0.351 e. The van der Waals surface area contributed by atoms with E-state index in [2.05, 4.69) is 15.2 Å². The lowest BCUT2D eigenvalue weighted by Gasteiger charge is -2.45. The fourth-order valence-electron chi connectivity index (χ4n) is 7.06. The summed E-state index contributed by atoms with van der Waals surface area (Å²) in [5, 5.41) is 40.9. The second-order valence-corrected chi connectivity index (χ2v) is 15.9. The number of aliphatic hydroxyl groups is 2. The number of phenolic OH excluding ortho intramolecular Hbond substituents is 1. The molecule has 15 heteroatoms. The van der Waals surface area contributed by atoms with Crippen LogP contribution in [0.1, 0.15) is 71.9 Å². The van der Waals surface area contributed by atoms with Gasteiger partial charge in [-0.15, -0.1) is 22.7 Å². The predicted octanol–water partition coefficient (Wildman–Crippen LogP) is 7.22. The molecule has 11 nitrogen and oxygen atoms in total. The van der Waals surface area contributed by atoms with Gasteiger partial charge in [0.15, 0.2) is 5.72 Å². The molecule has 0 radical (unpaired) electrons. The van der Waals surface area contributed by atoms with E-state index < -0.39 is 23.4 Å². The van der Waals surface area contributed by atoms with Crippen LogP contribution in [0, 0.1) is 0 Å². The molecular formula is C40H47ClFN3O8S2. The quantitative estimate of drug-likeness (QED) is 0.0369. The molecule has 5 aromatic rings. The number of aromatic amines is 1. The van der Waals surface area contributed by atoms with Crippen LogP contribution in [0.5, 0.6) is 17.2 Å². The maximum atomic E-state index is 13.9. The molecule has 0 bridgehead atoms. The van der Waals surface area contributed by atoms with Crippen LogP contribution in [0.15, 0.2) is 76.2 Å². The van der Waals surface area contributed by atoms with Crippen LogP contribution in [0.4, 0.5) is 4.70 Å². The lowest BCUT2D eigenvalue weighted by Crippen LogP contribution is -2.54. The third-order valence-corrected chi connectivity index (χ3v) is 12.3. The number of pyridine rings is 1. The molecule has 6 rings (SSSR count). The Morgan fingerprint density at radius 3 is 2.40 bits per heavy atom. The van der Waals surface area contributed by atoms with Gasteiger partial charge in [-0.3, -0.25) is 14.4 Å². The predicted molar refractivity (Wildman–Crippen MR) is 214 cm³/mol. The van der Waals surface area contributed by atoms with E-state index in [0.29, 0.717) is 69.8 Å². The molecule has 2 aromatic carbocycles. The van der Waals surface area contributed by atoms with E-state index in [-0.39, 0.29) is 28.1 Å². The van der Waals surface area contributed by atoms with E-state index in [1.165, 1.54) is 34.8 Å². The van der Waals surface area contributed by atoms with Gasteiger partial charge in [0.2, 0.25) is 11.2 Å². The molecular weight excluding hydrogens is 769 g/mol. The molecule has 55 heavy (non-hydrogen) atoms. The highest BCUT2D eigenvalue weighted by atomic mass is 35.5. The van der Waals surface area contributed by atoms with E-state index in [1.807, 2.05) is 29.9 Å².